The van der Waals surface area contributed by atoms with Gasteiger partial charge in [0, 0.05) is 41.3 Å². The average molecular weight is 316 g/mol. The molecule has 0 aromatic heterocycles. The third kappa shape index (κ3) is 5.54. The number of aliphatic imine (C=N–C) groups is 1. The maximum atomic E-state index is 4.71. The summed E-state index contributed by atoms with van der Waals surface area (Å²) >= 11 is 0. The lowest BCUT2D eigenvalue weighted by atomic mass is 9.99. The van der Waals surface area contributed by atoms with Crippen LogP contribution in [-0.2, 0) is 13.1 Å². The Morgan fingerprint density at radius 2 is 1.70 bits per heavy atom. The molecular formula is C19H32N4. The molecule has 1 atom stereocenters. The average Bonchev–Trinajstić information content (AvgIpc) is 2.48. The first kappa shape index (κ1) is 17.8. The Kier molecular flexibility index (Phi) is 6.46. The van der Waals surface area contributed by atoms with E-state index in [1.807, 2.05) is 38.0 Å². The maximum Gasteiger partial charge on any atom is 0.195 e. The highest BCUT2D eigenvalue weighted by atomic mass is 15.3. The van der Waals surface area contributed by atoms with Gasteiger partial charge in [-0.1, -0.05) is 31.2 Å². The van der Waals surface area contributed by atoms with Crippen molar-refractivity contribution in [3.05, 3.63) is 35.4 Å². The van der Waals surface area contributed by atoms with E-state index in [-0.39, 0.29) is 0 Å². The Hall–Kier alpha value is -1.55. The molecule has 2 rings (SSSR count). The van der Waals surface area contributed by atoms with Crippen molar-refractivity contribution in [1.29, 1.82) is 0 Å². The summed E-state index contributed by atoms with van der Waals surface area (Å²) in [6.07, 6.45) is 2.72. The molecule has 1 aliphatic heterocycles. The summed E-state index contributed by atoms with van der Waals surface area (Å²) in [6.45, 7) is 6.65. The second-order valence-corrected chi connectivity index (χ2v) is 7.20. The summed E-state index contributed by atoms with van der Waals surface area (Å²) in [5.74, 6) is 1.84. The van der Waals surface area contributed by atoms with Crippen molar-refractivity contribution in [2.24, 2.45) is 10.9 Å². The molecule has 4 heteroatoms. The molecule has 1 aromatic carbocycles. The Balaban J connectivity index is 1.92. The molecule has 0 radical (unpaired) electrons. The predicted molar refractivity (Wildman–Crippen MR) is 98.6 cm³/mol. The van der Waals surface area contributed by atoms with Crippen molar-refractivity contribution in [3.8, 4) is 0 Å². The molecule has 1 aliphatic rings. The van der Waals surface area contributed by atoms with Crippen LogP contribution in [0.3, 0.4) is 0 Å². The van der Waals surface area contributed by atoms with Crippen LogP contribution < -0.4 is 0 Å². The van der Waals surface area contributed by atoms with E-state index < -0.39 is 0 Å². The summed E-state index contributed by atoms with van der Waals surface area (Å²) in [7, 11) is 8.12. The second-order valence-electron chi connectivity index (χ2n) is 7.20. The van der Waals surface area contributed by atoms with Crippen LogP contribution in [-0.4, -0.2) is 61.9 Å². The van der Waals surface area contributed by atoms with E-state index in [1.165, 1.54) is 37.1 Å². The van der Waals surface area contributed by atoms with Gasteiger partial charge in [0.05, 0.1) is 6.54 Å². The lowest BCUT2D eigenvalue weighted by molar-refractivity contribution is 0.176. The van der Waals surface area contributed by atoms with E-state index >= 15 is 0 Å². The molecule has 1 saturated heterocycles. The molecule has 0 saturated carbocycles. The van der Waals surface area contributed by atoms with Crippen molar-refractivity contribution in [2.45, 2.75) is 32.9 Å². The third-order valence-electron chi connectivity index (χ3n) is 4.37. The highest BCUT2D eigenvalue weighted by molar-refractivity contribution is 5.79. The van der Waals surface area contributed by atoms with Crippen LogP contribution in [0, 0.1) is 5.92 Å². The quantitative estimate of drug-likeness (QED) is 0.630. The Labute approximate surface area is 141 Å². The minimum atomic E-state index is 0.729. The lowest BCUT2D eigenvalue weighted by Gasteiger charge is -2.30. The van der Waals surface area contributed by atoms with Crippen LogP contribution >= 0.6 is 0 Å². The zero-order valence-electron chi connectivity index (χ0n) is 15.4. The van der Waals surface area contributed by atoms with Gasteiger partial charge < -0.3 is 9.80 Å². The molecule has 0 spiro atoms. The SMILES string of the molecule is CC1CCCN(Cc2ccc(CN=C(N(C)C)N(C)C)cc2)C1. The molecule has 0 amide bonds. The number of rotatable bonds is 4. The standard InChI is InChI=1S/C19H32N4/c1-16-7-6-12-23(14-16)15-18-10-8-17(9-11-18)13-20-19(21(2)3)22(4)5/h8-11,16H,6-7,12-15H2,1-5H3. The van der Waals surface area contributed by atoms with E-state index in [2.05, 4.69) is 36.1 Å². The summed E-state index contributed by atoms with van der Waals surface area (Å²) in [6, 6.07) is 8.95. The number of hydrogen-bond donors (Lipinski definition) is 0. The van der Waals surface area contributed by atoms with Gasteiger partial charge in [-0.2, -0.15) is 0 Å². The molecule has 1 aromatic rings. The van der Waals surface area contributed by atoms with Crippen molar-refractivity contribution in [2.75, 3.05) is 41.3 Å². The van der Waals surface area contributed by atoms with E-state index in [9.17, 15) is 0 Å². The normalized spacial score (nSPS) is 18.6. The van der Waals surface area contributed by atoms with Crippen LogP contribution in [0.15, 0.2) is 29.3 Å². The first-order chi connectivity index (χ1) is 11.0. The summed E-state index contributed by atoms with van der Waals surface area (Å²) in [4.78, 5) is 11.4. The molecular weight excluding hydrogens is 284 g/mol. The molecule has 23 heavy (non-hydrogen) atoms. The highest BCUT2D eigenvalue weighted by Gasteiger charge is 2.16. The fraction of sp³-hybridized carbons (Fsp3) is 0.632. The topological polar surface area (TPSA) is 22.1 Å². The smallest absolute Gasteiger partial charge is 0.195 e. The van der Waals surface area contributed by atoms with Crippen LogP contribution in [0.5, 0.6) is 0 Å². The predicted octanol–water partition coefficient (Wildman–Crippen LogP) is 2.90. The zero-order valence-corrected chi connectivity index (χ0v) is 15.4. The molecule has 1 fully saturated rings. The van der Waals surface area contributed by atoms with Crippen LogP contribution in [0.1, 0.15) is 30.9 Å². The van der Waals surface area contributed by atoms with Gasteiger partial charge in [-0.05, 0) is 36.4 Å². The molecule has 0 aliphatic carbocycles. The molecule has 0 bridgehead atoms. The van der Waals surface area contributed by atoms with Gasteiger partial charge in [-0.25, -0.2) is 4.99 Å². The summed E-state index contributed by atoms with van der Waals surface area (Å²) in [5.41, 5.74) is 2.68. The highest BCUT2D eigenvalue weighted by Crippen LogP contribution is 2.18. The first-order valence-electron chi connectivity index (χ1n) is 8.65. The molecule has 1 heterocycles. The number of nitrogens with zero attached hydrogens (tertiary/aromatic N) is 4. The zero-order chi connectivity index (χ0) is 16.8. The fourth-order valence-corrected chi connectivity index (χ4v) is 3.28. The maximum absolute atomic E-state index is 4.71. The van der Waals surface area contributed by atoms with Gasteiger partial charge in [0.2, 0.25) is 0 Å². The van der Waals surface area contributed by atoms with Gasteiger partial charge in [-0.15, -0.1) is 0 Å². The van der Waals surface area contributed by atoms with E-state index in [0.29, 0.717) is 0 Å². The van der Waals surface area contributed by atoms with Gasteiger partial charge in [0.15, 0.2) is 5.96 Å². The number of guanidine groups is 1. The number of hydrogen-bond acceptors (Lipinski definition) is 2. The fourth-order valence-electron chi connectivity index (χ4n) is 3.28. The van der Waals surface area contributed by atoms with Gasteiger partial charge in [0.25, 0.3) is 0 Å². The second kappa shape index (κ2) is 8.34. The Morgan fingerprint density at radius 3 is 2.26 bits per heavy atom. The van der Waals surface area contributed by atoms with Gasteiger partial charge in [0.1, 0.15) is 0 Å². The van der Waals surface area contributed by atoms with E-state index in [4.69, 9.17) is 4.99 Å². The van der Waals surface area contributed by atoms with E-state index in [0.717, 1.165) is 25.0 Å². The monoisotopic (exact) mass is 316 g/mol. The Morgan fingerprint density at radius 1 is 1.09 bits per heavy atom. The Bertz CT molecular complexity index is 495. The summed E-state index contributed by atoms with van der Waals surface area (Å²) < 4.78 is 0. The minimum Gasteiger partial charge on any atom is -0.349 e. The summed E-state index contributed by atoms with van der Waals surface area (Å²) in [5, 5.41) is 0. The molecule has 1 unspecified atom stereocenters. The largest absolute Gasteiger partial charge is 0.349 e. The van der Waals surface area contributed by atoms with Crippen LogP contribution in [0.2, 0.25) is 0 Å². The van der Waals surface area contributed by atoms with Crippen molar-refractivity contribution in [3.63, 3.8) is 0 Å². The number of piperidine rings is 1. The van der Waals surface area contributed by atoms with Crippen molar-refractivity contribution >= 4 is 5.96 Å². The molecule has 4 nitrogen and oxygen atoms in total. The number of benzene rings is 1. The van der Waals surface area contributed by atoms with Crippen LogP contribution in [0.4, 0.5) is 0 Å². The van der Waals surface area contributed by atoms with Crippen molar-refractivity contribution in [1.82, 2.24) is 14.7 Å². The van der Waals surface area contributed by atoms with Gasteiger partial charge >= 0.3 is 0 Å². The van der Waals surface area contributed by atoms with Gasteiger partial charge in [-0.3, -0.25) is 4.90 Å². The number of likely N-dealkylation sites (tertiary alicyclic amines) is 1. The van der Waals surface area contributed by atoms with Crippen molar-refractivity contribution < 1.29 is 0 Å². The van der Waals surface area contributed by atoms with Crippen LogP contribution in [0.25, 0.3) is 0 Å². The lowest BCUT2D eigenvalue weighted by Crippen LogP contribution is -2.35. The minimum absolute atomic E-state index is 0.729. The molecule has 128 valence electrons. The third-order valence-corrected chi connectivity index (χ3v) is 4.37. The first-order valence-corrected chi connectivity index (χ1v) is 8.65. The van der Waals surface area contributed by atoms with E-state index in [1.54, 1.807) is 0 Å². The molecule has 0 N–H and O–H groups in total.